The van der Waals surface area contributed by atoms with Gasteiger partial charge in [-0.25, -0.2) is 0 Å². The van der Waals surface area contributed by atoms with E-state index in [1.165, 1.54) is 36.0 Å². The van der Waals surface area contributed by atoms with Gasteiger partial charge in [0.1, 0.15) is 5.75 Å². The minimum atomic E-state index is 0.134. The number of methoxy groups -OCH3 is 1. The molecule has 0 saturated heterocycles. The second-order valence-electron chi connectivity index (χ2n) is 7.57. The van der Waals surface area contributed by atoms with Gasteiger partial charge in [-0.3, -0.25) is 0 Å². The third-order valence-electron chi connectivity index (χ3n) is 5.43. The molecule has 3 rings (SSSR count). The van der Waals surface area contributed by atoms with E-state index in [2.05, 4.69) is 106 Å². The van der Waals surface area contributed by atoms with Crippen LogP contribution in [0, 0.1) is 0 Å². The topological polar surface area (TPSA) is 18.5 Å². The van der Waals surface area contributed by atoms with Crippen LogP contribution in [-0.4, -0.2) is 13.2 Å². The Morgan fingerprint density at radius 1 is 0.839 bits per heavy atom. The van der Waals surface area contributed by atoms with E-state index < -0.39 is 0 Å². The molecular formula is C28H31IO2. The molecule has 0 heterocycles. The van der Waals surface area contributed by atoms with Crippen LogP contribution in [0.15, 0.2) is 83.0 Å². The second kappa shape index (κ2) is 12.7. The molecule has 0 amide bonds. The monoisotopic (exact) mass is 526 g/mol. The highest BCUT2D eigenvalue weighted by atomic mass is 127. The van der Waals surface area contributed by atoms with E-state index in [0.717, 1.165) is 23.3 Å². The van der Waals surface area contributed by atoms with Crippen molar-refractivity contribution in [3.8, 4) is 28.0 Å². The smallest absolute Gasteiger partial charge is 0.127 e. The zero-order valence-corrected chi connectivity index (χ0v) is 20.5. The van der Waals surface area contributed by atoms with Crippen LogP contribution in [0.3, 0.4) is 0 Å². The molecule has 0 radical (unpaired) electrons. The lowest BCUT2D eigenvalue weighted by molar-refractivity contribution is 0.0652. The van der Waals surface area contributed by atoms with Crippen molar-refractivity contribution in [3.63, 3.8) is 0 Å². The zero-order valence-electron chi connectivity index (χ0n) is 18.4. The third-order valence-corrected chi connectivity index (χ3v) is 5.85. The maximum absolute atomic E-state index is 6.41. The van der Waals surface area contributed by atoms with Crippen LogP contribution in [0.4, 0.5) is 0 Å². The van der Waals surface area contributed by atoms with Crippen molar-refractivity contribution in [1.29, 1.82) is 0 Å². The average molecular weight is 526 g/mol. The van der Waals surface area contributed by atoms with Gasteiger partial charge in [0.15, 0.2) is 0 Å². The molecule has 3 aromatic carbocycles. The summed E-state index contributed by atoms with van der Waals surface area (Å²) in [4.78, 5) is 0. The predicted octanol–water partition coefficient (Wildman–Crippen LogP) is 8.44. The summed E-state index contributed by atoms with van der Waals surface area (Å²) in [5.41, 5.74) is 5.78. The highest BCUT2D eigenvalue weighted by Gasteiger charge is 2.18. The van der Waals surface area contributed by atoms with Gasteiger partial charge in [0, 0.05) is 5.56 Å². The van der Waals surface area contributed by atoms with Crippen molar-refractivity contribution in [2.45, 2.75) is 45.3 Å². The van der Waals surface area contributed by atoms with Gasteiger partial charge in [0.25, 0.3) is 0 Å². The van der Waals surface area contributed by atoms with E-state index in [1.54, 1.807) is 7.11 Å². The fourth-order valence-corrected chi connectivity index (χ4v) is 4.31. The highest BCUT2D eigenvalue weighted by Crippen LogP contribution is 2.41. The van der Waals surface area contributed by atoms with Crippen LogP contribution in [-0.2, 0) is 11.3 Å². The minimum Gasteiger partial charge on any atom is -0.496 e. The van der Waals surface area contributed by atoms with Gasteiger partial charge in [-0.1, -0.05) is 116 Å². The van der Waals surface area contributed by atoms with Gasteiger partial charge < -0.3 is 9.47 Å². The molecule has 1 atom stereocenters. The number of ether oxygens (including phenoxy) is 2. The number of unbranched alkanes of at least 4 members (excludes halogenated alkanes) is 2. The number of hydrogen-bond acceptors (Lipinski definition) is 2. The largest absolute Gasteiger partial charge is 0.496 e. The van der Waals surface area contributed by atoms with Crippen LogP contribution in [0.25, 0.3) is 22.3 Å². The molecule has 0 spiro atoms. The number of halogens is 1. The summed E-state index contributed by atoms with van der Waals surface area (Å²) in [5.74, 6) is 0.875. The summed E-state index contributed by atoms with van der Waals surface area (Å²) >= 11 is 2.28. The van der Waals surface area contributed by atoms with Crippen LogP contribution in [0.2, 0.25) is 0 Å². The molecule has 0 aliphatic carbocycles. The molecule has 3 aromatic rings. The van der Waals surface area contributed by atoms with Crippen molar-refractivity contribution in [2.75, 3.05) is 7.11 Å². The molecule has 3 heteroatoms. The lowest BCUT2D eigenvalue weighted by atomic mass is 9.90. The molecule has 0 N–H and O–H groups in total. The Morgan fingerprint density at radius 3 is 2.06 bits per heavy atom. The first kappa shape index (κ1) is 23.6. The molecule has 0 fully saturated rings. The molecule has 0 aliphatic rings. The van der Waals surface area contributed by atoms with Crippen LogP contribution >= 0.6 is 22.6 Å². The molecule has 31 heavy (non-hydrogen) atoms. The van der Waals surface area contributed by atoms with Crippen molar-refractivity contribution in [2.24, 2.45) is 0 Å². The molecule has 0 aromatic heterocycles. The molecule has 162 valence electrons. The van der Waals surface area contributed by atoms with Crippen molar-refractivity contribution >= 4 is 22.6 Å². The van der Waals surface area contributed by atoms with Gasteiger partial charge in [-0.2, -0.15) is 0 Å². The minimum absolute atomic E-state index is 0.134. The fraction of sp³-hybridized carbons (Fsp3) is 0.286. The van der Waals surface area contributed by atoms with Gasteiger partial charge >= 0.3 is 0 Å². The van der Waals surface area contributed by atoms with Crippen LogP contribution < -0.4 is 4.74 Å². The summed E-state index contributed by atoms with van der Waals surface area (Å²) in [5, 5.41) is 0. The lowest BCUT2D eigenvalue weighted by Gasteiger charge is -2.21. The summed E-state index contributed by atoms with van der Waals surface area (Å²) in [6.45, 7) is 2.80. The lowest BCUT2D eigenvalue weighted by Crippen LogP contribution is -2.10. The van der Waals surface area contributed by atoms with E-state index in [9.17, 15) is 0 Å². The normalized spacial score (nSPS) is 12.2. The summed E-state index contributed by atoms with van der Waals surface area (Å²) in [7, 11) is 1.74. The fourth-order valence-electron chi connectivity index (χ4n) is 3.85. The van der Waals surface area contributed by atoms with Gasteiger partial charge in [-0.05, 0) is 44.9 Å². The van der Waals surface area contributed by atoms with Crippen LogP contribution in [0.5, 0.6) is 5.75 Å². The SMILES string of the molecule is CCCCCC(/C=C/I)OCc1ccc(OC)c(-c2ccccc2)c1-c1ccccc1. The Kier molecular flexibility index (Phi) is 9.63. The van der Waals surface area contributed by atoms with Crippen LogP contribution in [0.1, 0.15) is 38.2 Å². The van der Waals surface area contributed by atoms with Gasteiger partial charge in [0.2, 0.25) is 0 Å². The van der Waals surface area contributed by atoms with E-state index >= 15 is 0 Å². The Hall–Kier alpha value is -2.11. The van der Waals surface area contributed by atoms with Gasteiger partial charge in [-0.15, -0.1) is 0 Å². The molecular weight excluding hydrogens is 495 g/mol. The summed E-state index contributed by atoms with van der Waals surface area (Å²) < 4.78 is 14.3. The van der Waals surface area contributed by atoms with E-state index in [-0.39, 0.29) is 6.10 Å². The third kappa shape index (κ3) is 6.44. The molecule has 1 unspecified atom stereocenters. The number of hydrogen-bond donors (Lipinski definition) is 0. The number of benzene rings is 3. The second-order valence-corrected chi connectivity index (χ2v) is 8.29. The van der Waals surface area contributed by atoms with Crippen molar-refractivity contribution < 1.29 is 9.47 Å². The quantitative estimate of drug-likeness (QED) is 0.184. The zero-order chi connectivity index (χ0) is 21.9. The Labute approximate surface area is 200 Å². The van der Waals surface area contributed by atoms with E-state index in [0.29, 0.717) is 6.61 Å². The first-order valence-electron chi connectivity index (χ1n) is 11.0. The van der Waals surface area contributed by atoms with E-state index in [1.807, 2.05) is 6.07 Å². The first-order valence-corrected chi connectivity index (χ1v) is 12.2. The summed E-state index contributed by atoms with van der Waals surface area (Å²) in [6.07, 6.45) is 7.00. The maximum Gasteiger partial charge on any atom is 0.127 e. The first-order chi connectivity index (χ1) is 15.3. The van der Waals surface area contributed by atoms with Crippen molar-refractivity contribution in [1.82, 2.24) is 0 Å². The molecule has 2 nitrogen and oxygen atoms in total. The molecule has 0 bridgehead atoms. The Morgan fingerprint density at radius 2 is 1.48 bits per heavy atom. The Bertz CT molecular complexity index is 952. The van der Waals surface area contributed by atoms with Crippen molar-refractivity contribution in [3.05, 3.63) is 88.5 Å². The summed E-state index contributed by atoms with van der Waals surface area (Å²) in [6, 6.07) is 25.2. The Balaban J connectivity index is 2.02. The van der Waals surface area contributed by atoms with Gasteiger partial charge in [0.05, 0.1) is 19.8 Å². The number of rotatable bonds is 11. The predicted molar refractivity (Wildman–Crippen MR) is 140 cm³/mol. The van der Waals surface area contributed by atoms with E-state index in [4.69, 9.17) is 9.47 Å². The molecule has 0 saturated carbocycles. The highest BCUT2D eigenvalue weighted by molar-refractivity contribution is 14.1. The standard InChI is InChI=1S/C28H31IO2/c1-3-4-7-16-25(19-20-29)31-21-24-17-18-26(30-2)28(23-14-10-6-11-15-23)27(24)22-12-8-5-9-13-22/h5-6,8-15,17-20,25H,3-4,7,16,21H2,1-2H3/b20-19+. The average Bonchev–Trinajstić information content (AvgIpc) is 2.83. The maximum atomic E-state index is 6.41. The molecule has 0 aliphatic heterocycles.